The molecule has 2 aromatic carbocycles. The smallest absolute Gasteiger partial charge is 0.220 e. The molecule has 0 heterocycles. The number of aliphatic imine (C=N–C) groups is 1. The Kier molecular flexibility index (Phi) is 8.32. The number of carbonyl (C=O) groups is 2. The summed E-state index contributed by atoms with van der Waals surface area (Å²) in [5, 5.41) is 3.08. The molecule has 0 bridgehead atoms. The molecule has 0 fully saturated rings. The normalized spacial score (nSPS) is 11.3. The van der Waals surface area contributed by atoms with Crippen molar-refractivity contribution in [1.82, 2.24) is 0 Å². The number of aldehydes is 1. The van der Waals surface area contributed by atoms with E-state index in [4.69, 9.17) is 9.47 Å². The quantitative estimate of drug-likeness (QED) is 0.250. The lowest BCUT2D eigenvalue weighted by atomic mass is 10.0. The van der Waals surface area contributed by atoms with Gasteiger partial charge in [-0.3, -0.25) is 9.59 Å². The van der Waals surface area contributed by atoms with Crippen molar-refractivity contribution in [1.29, 1.82) is 0 Å². The van der Waals surface area contributed by atoms with E-state index in [1.807, 2.05) is 32.9 Å². The van der Waals surface area contributed by atoms with Crippen LogP contribution in [-0.4, -0.2) is 25.1 Å². The van der Waals surface area contributed by atoms with E-state index in [0.29, 0.717) is 40.6 Å². The standard InChI is InChI=1S/C25H28N2O4/c1-7-10-24(31-22-12-9-11-19(8-2)25(22)17(4)29)27-18(5)26-21-13-16(3)20(15-28)14-23(21)30-6/h7,9-15,26H,5,8H2,1-4,6H3/b10-7-,27-24?. The van der Waals surface area contributed by atoms with Gasteiger partial charge in [0.1, 0.15) is 23.6 Å². The van der Waals surface area contributed by atoms with E-state index in [0.717, 1.165) is 17.4 Å². The number of carbonyl (C=O) groups excluding carboxylic acids is 2. The molecule has 0 aromatic heterocycles. The molecule has 0 radical (unpaired) electrons. The van der Waals surface area contributed by atoms with E-state index < -0.39 is 0 Å². The van der Waals surface area contributed by atoms with Crippen molar-refractivity contribution >= 4 is 23.7 Å². The van der Waals surface area contributed by atoms with E-state index in [9.17, 15) is 9.59 Å². The van der Waals surface area contributed by atoms with Gasteiger partial charge < -0.3 is 14.8 Å². The maximum Gasteiger partial charge on any atom is 0.220 e. The number of benzene rings is 2. The molecule has 0 aliphatic rings. The largest absolute Gasteiger partial charge is 0.495 e. The number of hydrogen-bond donors (Lipinski definition) is 1. The van der Waals surface area contributed by atoms with Crippen molar-refractivity contribution in [3.63, 3.8) is 0 Å². The molecule has 162 valence electrons. The molecule has 6 nitrogen and oxygen atoms in total. The predicted octanol–water partition coefficient (Wildman–Crippen LogP) is 5.52. The maximum atomic E-state index is 12.2. The summed E-state index contributed by atoms with van der Waals surface area (Å²) < 4.78 is 11.3. The summed E-state index contributed by atoms with van der Waals surface area (Å²) in [4.78, 5) is 27.8. The Balaban J connectivity index is 2.36. The number of rotatable bonds is 9. The fourth-order valence-corrected chi connectivity index (χ4v) is 3.12. The number of nitrogens with one attached hydrogen (secondary N) is 1. The number of hydrogen-bond acceptors (Lipinski definition) is 6. The number of aryl methyl sites for hydroxylation is 2. The van der Waals surface area contributed by atoms with Gasteiger partial charge in [0.15, 0.2) is 5.78 Å². The van der Waals surface area contributed by atoms with Crippen LogP contribution in [0.5, 0.6) is 11.5 Å². The van der Waals surface area contributed by atoms with Crippen molar-refractivity contribution in [2.24, 2.45) is 4.99 Å². The molecule has 31 heavy (non-hydrogen) atoms. The van der Waals surface area contributed by atoms with Crippen molar-refractivity contribution in [3.8, 4) is 11.5 Å². The molecule has 0 saturated carbocycles. The molecule has 0 unspecified atom stereocenters. The van der Waals surface area contributed by atoms with Gasteiger partial charge in [-0.05, 0) is 62.6 Å². The molecular formula is C25H28N2O4. The minimum absolute atomic E-state index is 0.0697. The zero-order valence-electron chi connectivity index (χ0n) is 18.6. The second-order valence-corrected chi connectivity index (χ2v) is 6.85. The number of ketones is 1. The zero-order valence-corrected chi connectivity index (χ0v) is 18.6. The molecule has 2 rings (SSSR count). The van der Waals surface area contributed by atoms with Crippen LogP contribution in [0.1, 0.15) is 52.6 Å². The molecule has 2 aromatic rings. The first-order valence-electron chi connectivity index (χ1n) is 9.96. The third-order valence-corrected chi connectivity index (χ3v) is 4.61. The lowest BCUT2D eigenvalue weighted by molar-refractivity contribution is 0.101. The van der Waals surface area contributed by atoms with Crippen LogP contribution in [-0.2, 0) is 6.42 Å². The van der Waals surface area contributed by atoms with Gasteiger partial charge in [-0.1, -0.05) is 31.7 Å². The van der Waals surface area contributed by atoms with Crippen LogP contribution in [0.4, 0.5) is 5.69 Å². The zero-order chi connectivity index (χ0) is 23.0. The SMILES string of the molecule is C=C(N=C(/C=C\C)Oc1cccc(CC)c1C(C)=O)Nc1cc(C)c(C=O)cc1OC. The van der Waals surface area contributed by atoms with E-state index in [1.54, 1.807) is 30.4 Å². The van der Waals surface area contributed by atoms with Gasteiger partial charge in [0.2, 0.25) is 5.90 Å². The van der Waals surface area contributed by atoms with E-state index in [2.05, 4.69) is 16.9 Å². The van der Waals surface area contributed by atoms with Crippen molar-refractivity contribution in [2.45, 2.75) is 34.1 Å². The minimum Gasteiger partial charge on any atom is -0.495 e. The molecule has 0 amide bonds. The van der Waals surface area contributed by atoms with E-state index in [-0.39, 0.29) is 11.7 Å². The van der Waals surface area contributed by atoms with Crippen LogP contribution in [0, 0.1) is 6.92 Å². The molecular weight excluding hydrogens is 392 g/mol. The van der Waals surface area contributed by atoms with E-state index >= 15 is 0 Å². The summed E-state index contributed by atoms with van der Waals surface area (Å²) in [6.07, 6.45) is 4.97. The average Bonchev–Trinajstić information content (AvgIpc) is 2.73. The Morgan fingerprint density at radius 2 is 2.00 bits per heavy atom. The molecule has 0 saturated heterocycles. The third kappa shape index (κ3) is 5.92. The second kappa shape index (κ2) is 10.9. The van der Waals surface area contributed by atoms with Gasteiger partial charge in [-0.15, -0.1) is 0 Å². The summed E-state index contributed by atoms with van der Waals surface area (Å²) in [5.74, 6) is 1.45. The summed E-state index contributed by atoms with van der Waals surface area (Å²) in [5.41, 5.74) is 3.42. The Labute approximate surface area is 183 Å². The average molecular weight is 421 g/mol. The Bertz CT molecular complexity index is 1050. The summed E-state index contributed by atoms with van der Waals surface area (Å²) in [6.45, 7) is 11.1. The van der Waals surface area contributed by atoms with Gasteiger partial charge in [0.05, 0.1) is 18.4 Å². The van der Waals surface area contributed by atoms with Gasteiger partial charge >= 0.3 is 0 Å². The molecule has 0 aliphatic carbocycles. The highest BCUT2D eigenvalue weighted by Gasteiger charge is 2.15. The maximum absolute atomic E-state index is 12.2. The molecule has 0 aliphatic heterocycles. The number of allylic oxidation sites excluding steroid dienone is 1. The first-order valence-corrected chi connectivity index (χ1v) is 9.96. The highest BCUT2D eigenvalue weighted by atomic mass is 16.5. The fraction of sp³-hybridized carbons (Fsp3) is 0.240. The molecule has 6 heteroatoms. The number of ether oxygens (including phenoxy) is 2. The second-order valence-electron chi connectivity index (χ2n) is 6.85. The predicted molar refractivity (Wildman–Crippen MR) is 125 cm³/mol. The lowest BCUT2D eigenvalue weighted by Gasteiger charge is -2.15. The number of Topliss-reactive ketones (excluding diaryl/α,β-unsaturated/α-hetero) is 1. The molecule has 0 spiro atoms. The van der Waals surface area contributed by atoms with Crippen LogP contribution in [0.3, 0.4) is 0 Å². The Morgan fingerprint density at radius 3 is 2.58 bits per heavy atom. The van der Waals surface area contributed by atoms with Crippen molar-refractivity contribution in [2.75, 3.05) is 12.4 Å². The monoisotopic (exact) mass is 420 g/mol. The van der Waals surface area contributed by atoms with Gasteiger partial charge in [0, 0.05) is 5.56 Å². The first kappa shape index (κ1) is 23.6. The molecule has 0 atom stereocenters. The third-order valence-electron chi connectivity index (χ3n) is 4.61. The van der Waals surface area contributed by atoms with Crippen LogP contribution < -0.4 is 14.8 Å². The lowest BCUT2D eigenvalue weighted by Crippen LogP contribution is -2.12. The first-order chi connectivity index (χ1) is 14.8. The number of methoxy groups -OCH3 is 1. The minimum atomic E-state index is -0.0697. The summed E-state index contributed by atoms with van der Waals surface area (Å²) >= 11 is 0. The van der Waals surface area contributed by atoms with Crippen LogP contribution >= 0.6 is 0 Å². The van der Waals surface area contributed by atoms with E-state index in [1.165, 1.54) is 14.0 Å². The Morgan fingerprint density at radius 1 is 1.26 bits per heavy atom. The van der Waals surface area contributed by atoms with Crippen LogP contribution in [0.15, 0.2) is 59.9 Å². The highest BCUT2D eigenvalue weighted by molar-refractivity contribution is 6.00. The number of anilines is 1. The van der Waals surface area contributed by atoms with Gasteiger partial charge in [-0.2, -0.15) is 4.99 Å². The van der Waals surface area contributed by atoms with Crippen LogP contribution in [0.2, 0.25) is 0 Å². The van der Waals surface area contributed by atoms with Crippen LogP contribution in [0.25, 0.3) is 0 Å². The molecule has 1 N–H and O–H groups in total. The number of nitrogens with zero attached hydrogens (tertiary/aromatic N) is 1. The van der Waals surface area contributed by atoms with Gasteiger partial charge in [-0.25, -0.2) is 0 Å². The van der Waals surface area contributed by atoms with Crippen molar-refractivity contribution in [3.05, 3.63) is 77.1 Å². The summed E-state index contributed by atoms with van der Waals surface area (Å²) in [6, 6.07) is 8.95. The van der Waals surface area contributed by atoms with Gasteiger partial charge in [0.25, 0.3) is 0 Å². The Hall–Kier alpha value is -3.67. The fourth-order valence-electron chi connectivity index (χ4n) is 3.12. The topological polar surface area (TPSA) is 77.0 Å². The summed E-state index contributed by atoms with van der Waals surface area (Å²) in [7, 11) is 1.52. The highest BCUT2D eigenvalue weighted by Crippen LogP contribution is 2.29. The van der Waals surface area contributed by atoms with Crippen molar-refractivity contribution < 1.29 is 19.1 Å².